The van der Waals surface area contributed by atoms with Gasteiger partial charge in [-0.25, -0.2) is 0 Å². The zero-order valence-corrected chi connectivity index (χ0v) is 8.73. The maximum Gasteiger partial charge on any atom is 0.121 e. The molecule has 1 aromatic carbocycles. The van der Waals surface area contributed by atoms with E-state index in [0.717, 1.165) is 23.2 Å². The fraction of sp³-hybridized carbons (Fsp3) is 0.250. The summed E-state index contributed by atoms with van der Waals surface area (Å²) in [7, 11) is 1.91. The molecule has 0 atom stereocenters. The van der Waals surface area contributed by atoms with Crippen molar-refractivity contribution in [3.63, 3.8) is 0 Å². The number of nitrogens with one attached hydrogen (secondary N) is 1. The van der Waals surface area contributed by atoms with Gasteiger partial charge in [0, 0.05) is 24.2 Å². The van der Waals surface area contributed by atoms with Gasteiger partial charge in [0.05, 0.1) is 5.52 Å². The highest BCUT2D eigenvalue weighted by molar-refractivity contribution is 5.79. The Hall–Kier alpha value is -1.61. The van der Waals surface area contributed by atoms with Gasteiger partial charge in [-0.3, -0.25) is 4.98 Å². The quantitative estimate of drug-likeness (QED) is 0.768. The molecule has 1 heterocycles. The van der Waals surface area contributed by atoms with Gasteiger partial charge in [-0.2, -0.15) is 0 Å². The topological polar surface area (TPSA) is 34.1 Å². The maximum absolute atomic E-state index is 5.55. The lowest BCUT2D eigenvalue weighted by Gasteiger charge is -2.06. The van der Waals surface area contributed by atoms with Crippen LogP contribution in [0.2, 0.25) is 0 Å². The van der Waals surface area contributed by atoms with E-state index in [9.17, 15) is 0 Å². The Morgan fingerprint density at radius 2 is 2.27 bits per heavy atom. The molecule has 2 rings (SSSR count). The summed E-state index contributed by atoms with van der Waals surface area (Å²) in [6, 6.07) is 9.94. The monoisotopic (exact) mass is 202 g/mol. The van der Waals surface area contributed by atoms with E-state index in [-0.39, 0.29) is 0 Å². The second kappa shape index (κ2) is 4.75. The van der Waals surface area contributed by atoms with Crippen LogP contribution in [0.3, 0.4) is 0 Å². The summed E-state index contributed by atoms with van der Waals surface area (Å²) in [5, 5.41) is 4.17. The van der Waals surface area contributed by atoms with Crippen LogP contribution < -0.4 is 10.1 Å². The van der Waals surface area contributed by atoms with Gasteiger partial charge >= 0.3 is 0 Å². The van der Waals surface area contributed by atoms with E-state index in [1.54, 1.807) is 6.20 Å². The van der Waals surface area contributed by atoms with Crippen molar-refractivity contribution in [2.75, 3.05) is 20.2 Å². The highest BCUT2D eigenvalue weighted by Gasteiger charge is 1.97. The molecule has 3 nitrogen and oxygen atoms in total. The van der Waals surface area contributed by atoms with E-state index in [1.807, 2.05) is 37.4 Å². The van der Waals surface area contributed by atoms with Crippen LogP contribution in [0.25, 0.3) is 10.9 Å². The summed E-state index contributed by atoms with van der Waals surface area (Å²) < 4.78 is 5.55. The number of fused-ring (bicyclic) bond motifs is 1. The van der Waals surface area contributed by atoms with Crippen LogP contribution in [0, 0.1) is 0 Å². The standard InChI is InChI=1S/C12H14N2O/c1-13-7-8-15-11-5-4-10-3-2-6-14-12(10)9-11/h2-6,9,13H,7-8H2,1H3. The van der Waals surface area contributed by atoms with Crippen LogP contribution in [0.4, 0.5) is 0 Å². The van der Waals surface area contributed by atoms with E-state index < -0.39 is 0 Å². The van der Waals surface area contributed by atoms with Crippen molar-refractivity contribution in [3.8, 4) is 5.75 Å². The molecule has 0 aliphatic carbocycles. The Morgan fingerprint density at radius 1 is 1.33 bits per heavy atom. The first-order valence-corrected chi connectivity index (χ1v) is 5.02. The lowest BCUT2D eigenvalue weighted by molar-refractivity contribution is 0.319. The molecule has 15 heavy (non-hydrogen) atoms. The number of hydrogen-bond acceptors (Lipinski definition) is 3. The molecule has 0 bridgehead atoms. The second-order valence-electron chi connectivity index (χ2n) is 3.31. The average molecular weight is 202 g/mol. The molecule has 1 aromatic heterocycles. The summed E-state index contributed by atoms with van der Waals surface area (Å²) in [6.07, 6.45) is 1.79. The predicted octanol–water partition coefficient (Wildman–Crippen LogP) is 1.83. The third-order valence-corrected chi connectivity index (χ3v) is 2.20. The number of ether oxygens (including phenoxy) is 1. The second-order valence-corrected chi connectivity index (χ2v) is 3.31. The zero-order chi connectivity index (χ0) is 10.5. The minimum Gasteiger partial charge on any atom is -0.492 e. The number of hydrogen-bond donors (Lipinski definition) is 1. The van der Waals surface area contributed by atoms with Crippen LogP contribution in [-0.4, -0.2) is 25.2 Å². The summed E-state index contributed by atoms with van der Waals surface area (Å²) in [6.45, 7) is 1.52. The number of aromatic nitrogens is 1. The van der Waals surface area contributed by atoms with Gasteiger partial charge in [-0.05, 0) is 25.2 Å². The molecular weight excluding hydrogens is 188 g/mol. The first-order chi connectivity index (χ1) is 7.40. The normalized spacial score (nSPS) is 10.5. The first kappa shape index (κ1) is 9.93. The summed E-state index contributed by atoms with van der Waals surface area (Å²) in [4.78, 5) is 4.27. The fourth-order valence-corrected chi connectivity index (χ4v) is 1.41. The Morgan fingerprint density at radius 3 is 3.13 bits per heavy atom. The van der Waals surface area contributed by atoms with Crippen molar-refractivity contribution in [1.82, 2.24) is 10.3 Å². The number of nitrogens with zero attached hydrogens (tertiary/aromatic N) is 1. The van der Waals surface area contributed by atoms with Crippen molar-refractivity contribution < 1.29 is 4.74 Å². The molecule has 0 saturated heterocycles. The molecule has 0 aliphatic heterocycles. The summed E-state index contributed by atoms with van der Waals surface area (Å²) in [5.74, 6) is 0.872. The van der Waals surface area contributed by atoms with Crippen LogP contribution in [0.15, 0.2) is 36.5 Å². The number of pyridine rings is 1. The smallest absolute Gasteiger partial charge is 0.121 e. The van der Waals surface area contributed by atoms with Crippen molar-refractivity contribution in [2.24, 2.45) is 0 Å². The molecular formula is C12H14N2O. The largest absolute Gasteiger partial charge is 0.492 e. The Labute approximate surface area is 89.1 Å². The van der Waals surface area contributed by atoms with Gasteiger partial charge in [0.15, 0.2) is 0 Å². The molecule has 78 valence electrons. The lowest BCUT2D eigenvalue weighted by Crippen LogP contribution is -2.15. The lowest BCUT2D eigenvalue weighted by atomic mass is 10.2. The fourth-order valence-electron chi connectivity index (χ4n) is 1.41. The maximum atomic E-state index is 5.55. The molecule has 0 spiro atoms. The third kappa shape index (κ3) is 2.44. The first-order valence-electron chi connectivity index (χ1n) is 5.02. The predicted molar refractivity (Wildman–Crippen MR) is 61.2 cm³/mol. The molecule has 3 heteroatoms. The number of rotatable bonds is 4. The molecule has 0 saturated carbocycles. The van der Waals surface area contributed by atoms with E-state index >= 15 is 0 Å². The highest BCUT2D eigenvalue weighted by Crippen LogP contribution is 2.18. The Balaban J connectivity index is 2.16. The van der Waals surface area contributed by atoms with Crippen molar-refractivity contribution in [3.05, 3.63) is 36.5 Å². The molecule has 0 radical (unpaired) electrons. The van der Waals surface area contributed by atoms with Gasteiger partial charge in [0.2, 0.25) is 0 Å². The van der Waals surface area contributed by atoms with Crippen molar-refractivity contribution in [2.45, 2.75) is 0 Å². The van der Waals surface area contributed by atoms with Crippen LogP contribution in [0.1, 0.15) is 0 Å². The molecule has 1 N–H and O–H groups in total. The van der Waals surface area contributed by atoms with Crippen LogP contribution >= 0.6 is 0 Å². The van der Waals surface area contributed by atoms with Gasteiger partial charge in [0.25, 0.3) is 0 Å². The van der Waals surface area contributed by atoms with Crippen LogP contribution in [-0.2, 0) is 0 Å². The van der Waals surface area contributed by atoms with Crippen LogP contribution in [0.5, 0.6) is 5.75 Å². The SMILES string of the molecule is CNCCOc1ccc2cccnc2c1. The zero-order valence-electron chi connectivity index (χ0n) is 8.73. The summed E-state index contributed by atoms with van der Waals surface area (Å²) >= 11 is 0. The Bertz CT molecular complexity index is 442. The third-order valence-electron chi connectivity index (χ3n) is 2.20. The van der Waals surface area contributed by atoms with Gasteiger partial charge in [0.1, 0.15) is 12.4 Å². The van der Waals surface area contributed by atoms with E-state index in [4.69, 9.17) is 4.74 Å². The van der Waals surface area contributed by atoms with E-state index in [2.05, 4.69) is 10.3 Å². The van der Waals surface area contributed by atoms with Crippen molar-refractivity contribution in [1.29, 1.82) is 0 Å². The van der Waals surface area contributed by atoms with E-state index in [0.29, 0.717) is 6.61 Å². The highest BCUT2D eigenvalue weighted by atomic mass is 16.5. The molecule has 2 aromatic rings. The molecule has 0 fully saturated rings. The van der Waals surface area contributed by atoms with Gasteiger partial charge < -0.3 is 10.1 Å². The van der Waals surface area contributed by atoms with Crippen molar-refractivity contribution >= 4 is 10.9 Å². The summed E-state index contributed by atoms with van der Waals surface area (Å²) in [5.41, 5.74) is 0.972. The Kier molecular flexibility index (Phi) is 3.15. The minimum absolute atomic E-state index is 0.675. The van der Waals surface area contributed by atoms with Gasteiger partial charge in [-0.1, -0.05) is 6.07 Å². The molecule has 0 unspecified atom stereocenters. The molecule has 0 aliphatic rings. The minimum atomic E-state index is 0.675. The molecule has 0 amide bonds. The average Bonchev–Trinajstić information content (AvgIpc) is 2.29. The number of likely N-dealkylation sites (N-methyl/N-ethyl adjacent to an activating group) is 1. The number of benzene rings is 1. The van der Waals surface area contributed by atoms with Gasteiger partial charge in [-0.15, -0.1) is 0 Å². The van der Waals surface area contributed by atoms with E-state index in [1.165, 1.54) is 0 Å².